The highest BCUT2D eigenvalue weighted by molar-refractivity contribution is 8.00. The summed E-state index contributed by atoms with van der Waals surface area (Å²) in [6.45, 7) is 1.99. The van der Waals surface area contributed by atoms with Gasteiger partial charge < -0.3 is 5.11 Å². The molecule has 1 saturated heterocycles. The van der Waals surface area contributed by atoms with E-state index < -0.39 is 17.2 Å². The van der Waals surface area contributed by atoms with E-state index in [4.69, 9.17) is 0 Å². The topological polar surface area (TPSA) is 20.2 Å². The van der Waals surface area contributed by atoms with E-state index in [0.717, 1.165) is 6.07 Å². The van der Waals surface area contributed by atoms with Crippen LogP contribution in [0.5, 0.6) is 0 Å². The molecule has 0 spiro atoms. The van der Waals surface area contributed by atoms with Crippen molar-refractivity contribution < 1.29 is 13.9 Å². The van der Waals surface area contributed by atoms with E-state index in [1.807, 2.05) is 6.92 Å². The second kappa shape index (κ2) is 3.76. The van der Waals surface area contributed by atoms with Crippen LogP contribution in [0.2, 0.25) is 0 Å². The van der Waals surface area contributed by atoms with Crippen molar-refractivity contribution in [2.24, 2.45) is 0 Å². The van der Waals surface area contributed by atoms with Crippen molar-refractivity contribution in [2.75, 3.05) is 5.75 Å². The summed E-state index contributed by atoms with van der Waals surface area (Å²) in [6, 6.07) is 3.34. The maximum absolute atomic E-state index is 13.5. The summed E-state index contributed by atoms with van der Waals surface area (Å²) in [6.07, 6.45) is 0.514. The van der Waals surface area contributed by atoms with Gasteiger partial charge >= 0.3 is 0 Å². The number of thioether (sulfide) groups is 1. The van der Waals surface area contributed by atoms with E-state index in [0.29, 0.717) is 17.4 Å². The van der Waals surface area contributed by atoms with Crippen LogP contribution < -0.4 is 0 Å². The molecule has 1 aliphatic heterocycles. The fraction of sp³-hybridized carbons (Fsp3) is 0.455. The third kappa shape index (κ3) is 2.01. The zero-order valence-electron chi connectivity index (χ0n) is 8.34. The van der Waals surface area contributed by atoms with Crippen molar-refractivity contribution in [3.8, 4) is 0 Å². The molecule has 0 aliphatic carbocycles. The van der Waals surface area contributed by atoms with Crippen LogP contribution in [0.1, 0.15) is 18.9 Å². The average Bonchev–Trinajstić information content (AvgIpc) is 2.46. The molecule has 1 aromatic carbocycles. The van der Waals surface area contributed by atoms with E-state index in [9.17, 15) is 13.9 Å². The van der Waals surface area contributed by atoms with Crippen LogP contribution in [0.3, 0.4) is 0 Å². The minimum atomic E-state index is -1.14. The molecule has 1 aliphatic rings. The normalized spacial score (nSPS) is 30.8. The first-order chi connectivity index (χ1) is 7.01. The zero-order valence-corrected chi connectivity index (χ0v) is 9.15. The molecule has 0 radical (unpaired) electrons. The molecule has 82 valence electrons. The Bertz CT molecular complexity index is 383. The van der Waals surface area contributed by atoms with E-state index in [1.165, 1.54) is 12.1 Å². The highest BCUT2D eigenvalue weighted by Crippen LogP contribution is 2.42. The third-order valence-corrected chi connectivity index (χ3v) is 4.04. The lowest BCUT2D eigenvalue weighted by Gasteiger charge is -2.22. The van der Waals surface area contributed by atoms with Crippen molar-refractivity contribution in [1.29, 1.82) is 0 Å². The molecule has 0 aromatic heterocycles. The second-order valence-corrected chi connectivity index (χ2v) is 5.41. The lowest BCUT2D eigenvalue weighted by molar-refractivity contribution is 0.0573. The summed E-state index contributed by atoms with van der Waals surface area (Å²) < 4.78 is 26.2. The Labute approximate surface area is 91.5 Å². The van der Waals surface area contributed by atoms with Gasteiger partial charge in [0.2, 0.25) is 0 Å². The van der Waals surface area contributed by atoms with E-state index in [2.05, 4.69) is 0 Å². The van der Waals surface area contributed by atoms with Crippen LogP contribution in [0.15, 0.2) is 18.2 Å². The van der Waals surface area contributed by atoms with Crippen molar-refractivity contribution >= 4 is 11.8 Å². The first-order valence-corrected chi connectivity index (χ1v) is 5.86. The van der Waals surface area contributed by atoms with Gasteiger partial charge in [0, 0.05) is 22.6 Å². The first-order valence-electron chi connectivity index (χ1n) is 4.81. The van der Waals surface area contributed by atoms with Crippen LogP contribution in [0.4, 0.5) is 8.78 Å². The van der Waals surface area contributed by atoms with Gasteiger partial charge in [0.05, 0.1) is 0 Å². The summed E-state index contributed by atoms with van der Waals surface area (Å²) in [5, 5.41) is 10.5. The predicted molar refractivity (Wildman–Crippen MR) is 56.8 cm³/mol. The maximum atomic E-state index is 13.5. The smallest absolute Gasteiger partial charge is 0.132 e. The molecule has 0 amide bonds. The van der Waals surface area contributed by atoms with Gasteiger partial charge in [-0.05, 0) is 12.5 Å². The molecule has 1 fully saturated rings. The van der Waals surface area contributed by atoms with Gasteiger partial charge in [-0.1, -0.05) is 13.0 Å². The summed E-state index contributed by atoms with van der Waals surface area (Å²) >= 11 is 1.60. The Morgan fingerprint density at radius 1 is 1.47 bits per heavy atom. The fourth-order valence-electron chi connectivity index (χ4n) is 1.93. The minimum absolute atomic E-state index is 0.209. The molecule has 2 unspecified atom stereocenters. The summed E-state index contributed by atoms with van der Waals surface area (Å²) in [5.41, 5.74) is -0.928. The monoisotopic (exact) mass is 230 g/mol. The first kappa shape index (κ1) is 10.9. The molecule has 2 atom stereocenters. The largest absolute Gasteiger partial charge is 0.384 e. The van der Waals surface area contributed by atoms with Gasteiger partial charge in [0.15, 0.2) is 0 Å². The van der Waals surface area contributed by atoms with Crippen LogP contribution in [0.25, 0.3) is 0 Å². The van der Waals surface area contributed by atoms with E-state index >= 15 is 0 Å². The molecule has 1 nitrogen and oxygen atoms in total. The van der Waals surface area contributed by atoms with Gasteiger partial charge in [-0.25, -0.2) is 8.78 Å². The molecule has 2 rings (SSSR count). The number of hydrogen-bond donors (Lipinski definition) is 1. The molecule has 1 heterocycles. The molecular formula is C11H12F2OS. The lowest BCUT2D eigenvalue weighted by Crippen LogP contribution is -2.27. The van der Waals surface area contributed by atoms with Crippen molar-refractivity contribution in [2.45, 2.75) is 24.2 Å². The van der Waals surface area contributed by atoms with Gasteiger partial charge in [-0.3, -0.25) is 0 Å². The van der Waals surface area contributed by atoms with Crippen LogP contribution >= 0.6 is 11.8 Å². The SMILES string of the molecule is CC1CC(O)(c2ccc(F)cc2F)CS1. The van der Waals surface area contributed by atoms with E-state index in [1.54, 1.807) is 11.8 Å². The average molecular weight is 230 g/mol. The maximum Gasteiger partial charge on any atom is 0.132 e. The van der Waals surface area contributed by atoms with Crippen LogP contribution in [-0.2, 0) is 5.60 Å². The van der Waals surface area contributed by atoms with Crippen molar-refractivity contribution in [1.82, 2.24) is 0 Å². The second-order valence-electron chi connectivity index (χ2n) is 3.98. The van der Waals surface area contributed by atoms with Crippen molar-refractivity contribution in [3.63, 3.8) is 0 Å². The Morgan fingerprint density at radius 3 is 2.73 bits per heavy atom. The highest BCUT2D eigenvalue weighted by Gasteiger charge is 2.39. The highest BCUT2D eigenvalue weighted by atomic mass is 32.2. The molecular weight excluding hydrogens is 218 g/mol. The molecule has 15 heavy (non-hydrogen) atoms. The quantitative estimate of drug-likeness (QED) is 0.800. The Kier molecular flexibility index (Phi) is 2.73. The predicted octanol–water partition coefficient (Wildman–Crippen LogP) is 2.68. The molecule has 0 saturated carbocycles. The zero-order chi connectivity index (χ0) is 11.1. The Balaban J connectivity index is 2.37. The third-order valence-electron chi connectivity index (χ3n) is 2.66. The van der Waals surface area contributed by atoms with Crippen molar-refractivity contribution in [3.05, 3.63) is 35.4 Å². The molecule has 1 aromatic rings. The number of aliphatic hydroxyl groups is 1. The summed E-state index contributed by atoms with van der Waals surface area (Å²) in [7, 11) is 0. The van der Waals surface area contributed by atoms with Crippen LogP contribution in [0, 0.1) is 11.6 Å². The van der Waals surface area contributed by atoms with Gasteiger partial charge in [0.1, 0.15) is 17.2 Å². The van der Waals surface area contributed by atoms with Crippen LogP contribution in [-0.4, -0.2) is 16.1 Å². The minimum Gasteiger partial charge on any atom is -0.384 e. The molecule has 1 N–H and O–H groups in total. The number of rotatable bonds is 1. The number of benzene rings is 1. The number of halogens is 2. The molecule has 0 bridgehead atoms. The van der Waals surface area contributed by atoms with E-state index in [-0.39, 0.29) is 5.56 Å². The Hall–Kier alpha value is -0.610. The standard InChI is InChI=1S/C11H12F2OS/c1-7-5-11(14,6-15-7)9-3-2-8(12)4-10(9)13/h2-4,7,14H,5-6H2,1H3. The van der Waals surface area contributed by atoms with Gasteiger partial charge in [-0.15, -0.1) is 0 Å². The summed E-state index contributed by atoms with van der Waals surface area (Å²) in [5.74, 6) is -0.803. The fourth-order valence-corrected chi connectivity index (χ4v) is 3.16. The number of hydrogen-bond acceptors (Lipinski definition) is 2. The Morgan fingerprint density at radius 2 is 2.20 bits per heavy atom. The summed E-state index contributed by atoms with van der Waals surface area (Å²) in [4.78, 5) is 0. The van der Waals surface area contributed by atoms with Gasteiger partial charge in [0.25, 0.3) is 0 Å². The molecule has 4 heteroatoms. The lowest BCUT2D eigenvalue weighted by atomic mass is 9.91. The van der Waals surface area contributed by atoms with Gasteiger partial charge in [-0.2, -0.15) is 11.8 Å².